The molecule has 7 nitrogen and oxygen atoms in total. The molecule has 0 saturated heterocycles. The molecular formula is C35H30Cl2N4O3S2. The largest absolute Gasteiger partial charge is 0.321 e. The first kappa shape index (κ1) is 33.3. The molecule has 234 valence electrons. The van der Waals surface area contributed by atoms with E-state index in [1.165, 1.54) is 34.1 Å². The van der Waals surface area contributed by atoms with E-state index in [9.17, 15) is 19.6 Å². The normalized spacial score (nSPS) is 13.2. The third-order valence-corrected chi connectivity index (χ3v) is 10.5. The van der Waals surface area contributed by atoms with Crippen LogP contribution in [0.2, 0.25) is 10.0 Å². The molecule has 1 atom stereocenters. The number of amides is 3. The minimum absolute atomic E-state index is 0.0195. The Kier molecular flexibility index (Phi) is 11.2. The van der Waals surface area contributed by atoms with Crippen molar-refractivity contribution in [1.29, 1.82) is 5.26 Å². The zero-order valence-corrected chi connectivity index (χ0v) is 28.0. The van der Waals surface area contributed by atoms with Crippen molar-refractivity contribution in [2.24, 2.45) is 0 Å². The maximum Gasteiger partial charge on any atom is 0.272 e. The van der Waals surface area contributed by atoms with E-state index in [1.54, 1.807) is 66.7 Å². The highest BCUT2D eigenvalue weighted by molar-refractivity contribution is 8.00. The van der Waals surface area contributed by atoms with Gasteiger partial charge in [0, 0.05) is 31.1 Å². The van der Waals surface area contributed by atoms with Crippen LogP contribution < -0.4 is 16.0 Å². The fourth-order valence-corrected chi connectivity index (χ4v) is 7.73. The van der Waals surface area contributed by atoms with Gasteiger partial charge >= 0.3 is 0 Å². The van der Waals surface area contributed by atoms with Gasteiger partial charge in [-0.1, -0.05) is 60.5 Å². The molecule has 11 heteroatoms. The fraction of sp³-hybridized carbons (Fsp3) is 0.200. The van der Waals surface area contributed by atoms with Gasteiger partial charge in [-0.3, -0.25) is 14.4 Å². The zero-order valence-electron chi connectivity index (χ0n) is 24.9. The molecule has 0 bridgehead atoms. The van der Waals surface area contributed by atoms with Crippen molar-refractivity contribution in [2.75, 3.05) is 10.6 Å². The molecule has 1 aliphatic rings. The minimum atomic E-state index is -0.562. The Balaban J connectivity index is 1.32. The van der Waals surface area contributed by atoms with Crippen LogP contribution in [0.25, 0.3) is 6.08 Å². The SMILES string of the molecule is CCC(Sc1cccc(NC(=O)/C(=C\c2ccc(Cl)cc2Cl)NC(=O)c2ccccc2)c1)C(=O)Nc1sc2c(c1C#N)CCCC2. The van der Waals surface area contributed by atoms with E-state index < -0.39 is 17.1 Å². The van der Waals surface area contributed by atoms with Gasteiger partial charge < -0.3 is 16.0 Å². The number of hydrogen-bond donors (Lipinski definition) is 3. The lowest BCUT2D eigenvalue weighted by molar-refractivity contribution is -0.116. The number of halogens is 2. The van der Waals surface area contributed by atoms with Crippen molar-refractivity contribution in [3.8, 4) is 6.07 Å². The fourth-order valence-electron chi connectivity index (χ4n) is 5.01. The van der Waals surface area contributed by atoms with Crippen molar-refractivity contribution in [3.63, 3.8) is 0 Å². The first-order valence-electron chi connectivity index (χ1n) is 14.7. The molecule has 0 saturated carbocycles. The molecule has 0 radical (unpaired) electrons. The van der Waals surface area contributed by atoms with Gasteiger partial charge in [0.15, 0.2) is 0 Å². The topological polar surface area (TPSA) is 111 Å². The molecule has 5 rings (SSSR count). The smallest absolute Gasteiger partial charge is 0.272 e. The number of rotatable bonds is 10. The average molecular weight is 690 g/mol. The van der Waals surface area contributed by atoms with E-state index in [1.807, 2.05) is 13.0 Å². The maximum atomic E-state index is 13.5. The number of nitrogens with one attached hydrogen (secondary N) is 3. The van der Waals surface area contributed by atoms with Crippen LogP contribution in [-0.2, 0) is 22.4 Å². The Morgan fingerprint density at radius 1 is 1.00 bits per heavy atom. The summed E-state index contributed by atoms with van der Waals surface area (Å²) in [5.74, 6) is -1.20. The Morgan fingerprint density at radius 2 is 1.78 bits per heavy atom. The predicted octanol–water partition coefficient (Wildman–Crippen LogP) is 8.72. The van der Waals surface area contributed by atoms with Gasteiger partial charge in [-0.2, -0.15) is 5.26 Å². The second-order valence-electron chi connectivity index (χ2n) is 10.6. The highest BCUT2D eigenvalue weighted by Gasteiger charge is 2.25. The van der Waals surface area contributed by atoms with Crippen LogP contribution in [-0.4, -0.2) is 23.0 Å². The molecule has 4 aromatic rings. The Morgan fingerprint density at radius 3 is 2.52 bits per heavy atom. The Hall–Kier alpha value is -4.07. The highest BCUT2D eigenvalue weighted by atomic mass is 35.5. The second-order valence-corrected chi connectivity index (χ2v) is 13.8. The summed E-state index contributed by atoms with van der Waals surface area (Å²) in [5.41, 5.74) is 3.00. The van der Waals surface area contributed by atoms with Gasteiger partial charge in [-0.15, -0.1) is 23.1 Å². The quantitative estimate of drug-likeness (QED) is 0.114. The number of nitrogens with zero attached hydrogens (tertiary/aromatic N) is 1. The summed E-state index contributed by atoms with van der Waals surface area (Å²) in [6.07, 6.45) is 6.00. The van der Waals surface area contributed by atoms with Crippen molar-refractivity contribution in [3.05, 3.63) is 116 Å². The van der Waals surface area contributed by atoms with E-state index in [2.05, 4.69) is 22.0 Å². The standard InChI is InChI=1S/C35H30Cl2N4O3S2/c1-2-30(34(44)41-35-27(20-38)26-13-6-7-14-31(26)46-35)45-25-12-8-11-24(19-25)39-33(43)29(17-22-15-16-23(36)18-28(22)37)40-32(42)21-9-4-3-5-10-21/h3-5,8-12,15-19,30H,2,6-7,13-14H2,1H3,(H,39,43)(H,40,42)(H,41,44)/b29-17+. The molecule has 1 unspecified atom stereocenters. The van der Waals surface area contributed by atoms with Gasteiger partial charge in [0.05, 0.1) is 10.8 Å². The molecule has 1 aromatic heterocycles. The van der Waals surface area contributed by atoms with Crippen LogP contribution in [0.4, 0.5) is 10.7 Å². The van der Waals surface area contributed by atoms with Crippen LogP contribution in [0.5, 0.6) is 0 Å². The van der Waals surface area contributed by atoms with Crippen molar-refractivity contribution >= 4 is 80.8 Å². The number of thioether (sulfide) groups is 1. The molecular weight excluding hydrogens is 659 g/mol. The first-order valence-corrected chi connectivity index (χ1v) is 17.2. The number of benzene rings is 3. The van der Waals surface area contributed by atoms with Crippen LogP contribution in [0, 0.1) is 11.3 Å². The van der Waals surface area contributed by atoms with Crippen molar-refractivity contribution < 1.29 is 14.4 Å². The predicted molar refractivity (Wildman–Crippen MR) is 188 cm³/mol. The lowest BCUT2D eigenvalue weighted by Gasteiger charge is -2.16. The molecule has 3 amide bonds. The third kappa shape index (κ3) is 8.20. The number of carbonyl (C=O) groups is 3. The Labute approximate surface area is 286 Å². The summed E-state index contributed by atoms with van der Waals surface area (Å²) in [6, 6.07) is 22.9. The van der Waals surface area contributed by atoms with E-state index in [0.29, 0.717) is 43.8 Å². The van der Waals surface area contributed by atoms with Crippen molar-refractivity contribution in [1.82, 2.24) is 5.32 Å². The number of anilines is 2. The molecule has 46 heavy (non-hydrogen) atoms. The van der Waals surface area contributed by atoms with Crippen LogP contribution in [0.15, 0.2) is 83.4 Å². The van der Waals surface area contributed by atoms with Gasteiger partial charge in [0.2, 0.25) is 5.91 Å². The second kappa shape index (κ2) is 15.5. The Bertz CT molecular complexity index is 1850. The number of aryl methyl sites for hydroxylation is 1. The lowest BCUT2D eigenvalue weighted by Crippen LogP contribution is -2.30. The van der Waals surface area contributed by atoms with E-state index >= 15 is 0 Å². The zero-order chi connectivity index (χ0) is 32.6. The summed E-state index contributed by atoms with van der Waals surface area (Å²) >= 11 is 15.3. The third-order valence-electron chi connectivity index (χ3n) is 7.34. The van der Waals surface area contributed by atoms with Gasteiger partial charge in [0.25, 0.3) is 11.8 Å². The van der Waals surface area contributed by atoms with Crippen LogP contribution >= 0.6 is 46.3 Å². The van der Waals surface area contributed by atoms with Gasteiger partial charge in [-0.05, 0) is 91.8 Å². The van der Waals surface area contributed by atoms with Crippen LogP contribution in [0.3, 0.4) is 0 Å². The highest BCUT2D eigenvalue weighted by Crippen LogP contribution is 2.38. The lowest BCUT2D eigenvalue weighted by atomic mass is 9.96. The number of carbonyl (C=O) groups excluding carboxylic acids is 3. The minimum Gasteiger partial charge on any atom is -0.321 e. The molecule has 0 spiro atoms. The van der Waals surface area contributed by atoms with Gasteiger partial charge in [0.1, 0.15) is 16.8 Å². The average Bonchev–Trinajstić information content (AvgIpc) is 3.41. The first-order chi connectivity index (χ1) is 22.2. The molecule has 1 heterocycles. The van der Waals surface area contributed by atoms with Gasteiger partial charge in [-0.25, -0.2) is 0 Å². The number of thiophene rings is 1. The van der Waals surface area contributed by atoms with E-state index in [-0.39, 0.29) is 11.6 Å². The summed E-state index contributed by atoms with van der Waals surface area (Å²) < 4.78 is 0. The summed E-state index contributed by atoms with van der Waals surface area (Å²) in [6.45, 7) is 1.93. The number of nitriles is 1. The van der Waals surface area contributed by atoms with E-state index in [0.717, 1.165) is 36.1 Å². The van der Waals surface area contributed by atoms with Crippen molar-refractivity contribution in [2.45, 2.75) is 49.2 Å². The maximum absolute atomic E-state index is 13.5. The summed E-state index contributed by atoms with van der Waals surface area (Å²) in [7, 11) is 0. The number of fused-ring (bicyclic) bond motifs is 1. The monoisotopic (exact) mass is 688 g/mol. The summed E-state index contributed by atoms with van der Waals surface area (Å²) in [5, 5.41) is 19.3. The summed E-state index contributed by atoms with van der Waals surface area (Å²) in [4.78, 5) is 41.9. The van der Waals surface area contributed by atoms with E-state index in [4.69, 9.17) is 23.2 Å². The van der Waals surface area contributed by atoms with Crippen LogP contribution in [0.1, 0.15) is 58.1 Å². The molecule has 0 fully saturated rings. The number of hydrogen-bond acceptors (Lipinski definition) is 6. The molecule has 3 N–H and O–H groups in total. The molecule has 1 aliphatic carbocycles. The molecule has 3 aromatic carbocycles. The molecule has 0 aliphatic heterocycles.